The van der Waals surface area contributed by atoms with Crippen LogP contribution in [0.1, 0.15) is 75.6 Å². The number of nitro benzene ring substituents is 1. The van der Waals surface area contributed by atoms with Crippen molar-refractivity contribution in [1.29, 1.82) is 0 Å². The molecule has 0 aliphatic carbocycles. The van der Waals surface area contributed by atoms with E-state index in [1.165, 1.54) is 44.2 Å². The lowest BCUT2D eigenvalue weighted by molar-refractivity contribution is -0.384. The molecule has 0 radical (unpaired) electrons. The van der Waals surface area contributed by atoms with Gasteiger partial charge in [0.15, 0.2) is 0 Å². The van der Waals surface area contributed by atoms with E-state index in [4.69, 9.17) is 9.47 Å². The van der Waals surface area contributed by atoms with Gasteiger partial charge in [0.05, 0.1) is 22.8 Å². The van der Waals surface area contributed by atoms with E-state index in [1.54, 1.807) is 6.92 Å². The molecule has 1 rings (SSSR count). The van der Waals surface area contributed by atoms with Crippen LogP contribution in [0.15, 0.2) is 18.2 Å². The van der Waals surface area contributed by atoms with E-state index in [1.807, 2.05) is 0 Å². The monoisotopic (exact) mass is 408 g/mol. The maximum Gasteiger partial charge on any atom is 0.340 e. The molecule has 1 aromatic carbocycles. The second-order valence-electron chi connectivity index (χ2n) is 6.78. The number of carbonyl (C=O) groups excluding carboxylic acids is 2. The molecule has 0 bridgehead atoms. The topological polar surface area (TPSA) is 108 Å². The van der Waals surface area contributed by atoms with E-state index in [0.717, 1.165) is 25.3 Å². The number of anilines is 1. The Balaban J connectivity index is 2.41. The largest absolute Gasteiger partial charge is 0.462 e. The zero-order valence-electron chi connectivity index (χ0n) is 17.4. The van der Waals surface area contributed by atoms with Crippen molar-refractivity contribution in [2.45, 2.75) is 65.2 Å². The number of hydrogen-bond acceptors (Lipinski definition) is 6. The van der Waals surface area contributed by atoms with Crippen molar-refractivity contribution in [2.75, 3.05) is 25.1 Å². The number of rotatable bonds is 15. The SMILES string of the molecule is CCCCCCCCCCOCC(=O)Nc1cc([N+](=O)[O-])ccc1C(=O)OCC. The quantitative estimate of drug-likeness (QED) is 0.192. The number of non-ortho nitro benzene ring substituents is 1. The molecule has 0 spiro atoms. The molecule has 0 unspecified atom stereocenters. The Bertz CT molecular complexity index is 663. The Morgan fingerprint density at radius 1 is 1.03 bits per heavy atom. The number of esters is 1. The van der Waals surface area contributed by atoms with E-state index in [9.17, 15) is 19.7 Å². The Kier molecular flexibility index (Phi) is 12.3. The first kappa shape index (κ1) is 24.6. The van der Waals surface area contributed by atoms with Crippen LogP contribution in [0.4, 0.5) is 11.4 Å². The highest BCUT2D eigenvalue weighted by atomic mass is 16.6. The van der Waals surface area contributed by atoms with Crippen LogP contribution in [-0.2, 0) is 14.3 Å². The number of ether oxygens (including phenoxy) is 2. The third kappa shape index (κ3) is 10.0. The summed E-state index contributed by atoms with van der Waals surface area (Å²) >= 11 is 0. The minimum Gasteiger partial charge on any atom is -0.462 e. The molecule has 0 heterocycles. The van der Waals surface area contributed by atoms with E-state index in [2.05, 4.69) is 12.2 Å². The third-order valence-electron chi connectivity index (χ3n) is 4.36. The average Bonchev–Trinajstić information content (AvgIpc) is 2.69. The van der Waals surface area contributed by atoms with Crippen molar-refractivity contribution in [3.05, 3.63) is 33.9 Å². The summed E-state index contributed by atoms with van der Waals surface area (Å²) in [5.41, 5.74) is -0.125. The number of nitro groups is 1. The predicted molar refractivity (Wildman–Crippen MR) is 111 cm³/mol. The van der Waals surface area contributed by atoms with Crippen molar-refractivity contribution in [3.63, 3.8) is 0 Å². The molecule has 0 aliphatic rings. The number of benzene rings is 1. The Morgan fingerprint density at radius 3 is 2.31 bits per heavy atom. The zero-order valence-corrected chi connectivity index (χ0v) is 17.4. The van der Waals surface area contributed by atoms with Gasteiger partial charge in [0.1, 0.15) is 6.61 Å². The molecule has 8 heteroatoms. The number of unbranched alkanes of at least 4 members (excludes halogenated alkanes) is 7. The number of nitrogens with one attached hydrogen (secondary N) is 1. The molecule has 0 aliphatic heterocycles. The summed E-state index contributed by atoms with van der Waals surface area (Å²) in [5, 5.41) is 13.5. The van der Waals surface area contributed by atoms with Crippen LogP contribution in [-0.4, -0.2) is 36.6 Å². The summed E-state index contributed by atoms with van der Waals surface area (Å²) in [6.45, 7) is 4.30. The van der Waals surface area contributed by atoms with Crippen LogP contribution in [0.5, 0.6) is 0 Å². The third-order valence-corrected chi connectivity index (χ3v) is 4.36. The highest BCUT2D eigenvalue weighted by Gasteiger charge is 2.18. The fourth-order valence-electron chi connectivity index (χ4n) is 2.83. The van der Waals surface area contributed by atoms with Gasteiger partial charge in [-0.1, -0.05) is 51.9 Å². The lowest BCUT2D eigenvalue weighted by atomic mass is 10.1. The van der Waals surface area contributed by atoms with Gasteiger partial charge in [0.2, 0.25) is 5.91 Å². The lowest BCUT2D eigenvalue weighted by Gasteiger charge is -2.11. The minimum atomic E-state index is -0.655. The van der Waals surface area contributed by atoms with Gasteiger partial charge < -0.3 is 14.8 Å². The van der Waals surface area contributed by atoms with Gasteiger partial charge in [-0.3, -0.25) is 14.9 Å². The summed E-state index contributed by atoms with van der Waals surface area (Å²) in [7, 11) is 0. The van der Waals surface area contributed by atoms with Crippen molar-refractivity contribution in [3.8, 4) is 0 Å². The maximum atomic E-state index is 12.1. The Labute approximate surface area is 172 Å². The molecule has 1 N–H and O–H groups in total. The van der Waals surface area contributed by atoms with E-state index in [0.29, 0.717) is 6.61 Å². The first-order chi connectivity index (χ1) is 14.0. The van der Waals surface area contributed by atoms with E-state index in [-0.39, 0.29) is 30.2 Å². The number of carbonyl (C=O) groups is 2. The van der Waals surface area contributed by atoms with Gasteiger partial charge in [-0.25, -0.2) is 4.79 Å². The van der Waals surface area contributed by atoms with Crippen molar-refractivity contribution < 1.29 is 24.0 Å². The summed E-state index contributed by atoms with van der Waals surface area (Å²) in [6.07, 6.45) is 9.42. The Hall–Kier alpha value is -2.48. The van der Waals surface area contributed by atoms with Gasteiger partial charge in [-0.15, -0.1) is 0 Å². The van der Waals surface area contributed by atoms with Crippen LogP contribution >= 0.6 is 0 Å². The molecular formula is C21H32N2O6. The van der Waals surface area contributed by atoms with Crippen LogP contribution in [0, 0.1) is 10.1 Å². The molecule has 0 fully saturated rings. The molecule has 0 saturated heterocycles. The average molecular weight is 408 g/mol. The Morgan fingerprint density at radius 2 is 1.69 bits per heavy atom. The smallest absolute Gasteiger partial charge is 0.340 e. The van der Waals surface area contributed by atoms with Gasteiger partial charge in [-0.2, -0.15) is 0 Å². The van der Waals surface area contributed by atoms with Gasteiger partial charge >= 0.3 is 5.97 Å². The first-order valence-corrected chi connectivity index (χ1v) is 10.3. The molecule has 0 saturated carbocycles. The minimum absolute atomic E-state index is 0.0401. The van der Waals surface area contributed by atoms with E-state index >= 15 is 0 Å². The molecule has 8 nitrogen and oxygen atoms in total. The zero-order chi connectivity index (χ0) is 21.5. The van der Waals surface area contributed by atoms with Crippen molar-refractivity contribution in [2.24, 2.45) is 0 Å². The highest BCUT2D eigenvalue weighted by molar-refractivity contribution is 6.02. The van der Waals surface area contributed by atoms with Crippen LogP contribution in [0.2, 0.25) is 0 Å². The van der Waals surface area contributed by atoms with Gasteiger partial charge in [-0.05, 0) is 19.4 Å². The summed E-state index contributed by atoms with van der Waals surface area (Å²) < 4.78 is 10.3. The number of amides is 1. The van der Waals surface area contributed by atoms with Crippen molar-refractivity contribution in [1.82, 2.24) is 0 Å². The molecule has 29 heavy (non-hydrogen) atoms. The molecule has 0 atom stereocenters. The van der Waals surface area contributed by atoms with Gasteiger partial charge in [0.25, 0.3) is 5.69 Å². The van der Waals surface area contributed by atoms with Gasteiger partial charge in [0, 0.05) is 18.7 Å². The second-order valence-corrected chi connectivity index (χ2v) is 6.78. The maximum absolute atomic E-state index is 12.1. The van der Waals surface area contributed by atoms with Crippen LogP contribution in [0.3, 0.4) is 0 Å². The normalized spacial score (nSPS) is 10.6. The van der Waals surface area contributed by atoms with Crippen molar-refractivity contribution >= 4 is 23.3 Å². The molecule has 0 aromatic heterocycles. The highest BCUT2D eigenvalue weighted by Crippen LogP contribution is 2.23. The fraction of sp³-hybridized carbons (Fsp3) is 0.619. The predicted octanol–water partition coefficient (Wildman–Crippen LogP) is 4.87. The molecule has 1 aromatic rings. The number of nitrogens with zero attached hydrogens (tertiary/aromatic N) is 1. The second kappa shape index (κ2) is 14.5. The first-order valence-electron chi connectivity index (χ1n) is 10.3. The summed E-state index contributed by atoms with van der Waals surface area (Å²) in [5.74, 6) is -1.13. The van der Waals surface area contributed by atoms with Crippen LogP contribution in [0.25, 0.3) is 0 Å². The van der Waals surface area contributed by atoms with Crippen LogP contribution < -0.4 is 5.32 Å². The van der Waals surface area contributed by atoms with E-state index < -0.39 is 16.8 Å². The number of hydrogen-bond donors (Lipinski definition) is 1. The molecule has 1 amide bonds. The summed E-state index contributed by atoms with van der Waals surface area (Å²) in [4.78, 5) is 34.5. The molecule has 162 valence electrons. The lowest BCUT2D eigenvalue weighted by Crippen LogP contribution is -2.21. The summed E-state index contributed by atoms with van der Waals surface area (Å²) in [6, 6.07) is 3.61. The fourth-order valence-corrected chi connectivity index (χ4v) is 2.83. The molecular weight excluding hydrogens is 376 g/mol. The standard InChI is InChI=1S/C21H32N2O6/c1-3-5-6-7-8-9-10-11-14-28-16-20(24)22-19-15-17(23(26)27)12-13-18(19)21(25)29-4-2/h12-13,15H,3-11,14,16H2,1-2H3,(H,22,24).